The van der Waals surface area contributed by atoms with Gasteiger partial charge in [-0.05, 0) is 31.4 Å². The molecule has 2 heterocycles. The SMILES string of the molecule is CN(C)C(=O)CN=C(NCC1CCOC1)NCC1CCCN1Cc1ccccc1.I. The molecule has 2 aliphatic rings. The van der Waals surface area contributed by atoms with Crippen molar-refractivity contribution in [2.75, 3.05) is 53.5 Å². The highest BCUT2D eigenvalue weighted by molar-refractivity contribution is 14.0. The molecule has 1 aromatic carbocycles. The van der Waals surface area contributed by atoms with Crippen LogP contribution >= 0.6 is 24.0 Å². The average molecular weight is 529 g/mol. The molecule has 0 saturated carbocycles. The van der Waals surface area contributed by atoms with E-state index in [0.717, 1.165) is 51.8 Å². The van der Waals surface area contributed by atoms with Crippen LogP contribution in [0, 0.1) is 5.92 Å². The number of ether oxygens (including phenoxy) is 1. The number of amides is 1. The Hall–Kier alpha value is -1.39. The van der Waals surface area contributed by atoms with Crippen molar-refractivity contribution in [2.45, 2.75) is 31.8 Å². The molecule has 30 heavy (non-hydrogen) atoms. The van der Waals surface area contributed by atoms with Crippen molar-refractivity contribution < 1.29 is 9.53 Å². The maximum absolute atomic E-state index is 12.0. The number of nitrogens with one attached hydrogen (secondary N) is 2. The number of carbonyl (C=O) groups excluding carboxylic acids is 1. The number of guanidine groups is 1. The molecule has 0 aliphatic carbocycles. The number of likely N-dealkylation sites (tertiary alicyclic amines) is 1. The number of carbonyl (C=O) groups is 1. The summed E-state index contributed by atoms with van der Waals surface area (Å²) in [5.41, 5.74) is 1.35. The normalized spacial score (nSPS) is 21.9. The summed E-state index contributed by atoms with van der Waals surface area (Å²) < 4.78 is 5.46. The summed E-state index contributed by atoms with van der Waals surface area (Å²) in [7, 11) is 3.52. The summed E-state index contributed by atoms with van der Waals surface area (Å²) in [5, 5.41) is 6.90. The van der Waals surface area contributed by atoms with Gasteiger partial charge in [0.25, 0.3) is 0 Å². The van der Waals surface area contributed by atoms with Gasteiger partial charge < -0.3 is 20.3 Å². The van der Waals surface area contributed by atoms with E-state index in [9.17, 15) is 4.79 Å². The predicted octanol–water partition coefficient (Wildman–Crippen LogP) is 1.93. The molecular formula is C22H36IN5O2. The molecule has 3 rings (SSSR count). The van der Waals surface area contributed by atoms with Crippen LogP contribution in [0.1, 0.15) is 24.8 Å². The Morgan fingerprint density at radius 1 is 1.20 bits per heavy atom. The number of halogens is 1. The van der Waals surface area contributed by atoms with Crippen molar-refractivity contribution >= 4 is 35.8 Å². The molecule has 0 radical (unpaired) electrons. The number of rotatable bonds is 8. The minimum Gasteiger partial charge on any atom is -0.381 e. The van der Waals surface area contributed by atoms with Crippen molar-refractivity contribution in [1.29, 1.82) is 0 Å². The summed E-state index contributed by atoms with van der Waals surface area (Å²) >= 11 is 0. The Balaban J connectivity index is 0.00000320. The van der Waals surface area contributed by atoms with Crippen LogP contribution < -0.4 is 10.6 Å². The third kappa shape index (κ3) is 8.03. The largest absolute Gasteiger partial charge is 0.381 e. The fraction of sp³-hybridized carbons (Fsp3) is 0.636. The fourth-order valence-electron chi connectivity index (χ4n) is 3.81. The van der Waals surface area contributed by atoms with Gasteiger partial charge in [0.15, 0.2) is 5.96 Å². The van der Waals surface area contributed by atoms with Crippen LogP contribution in [0.15, 0.2) is 35.3 Å². The lowest BCUT2D eigenvalue weighted by atomic mass is 10.1. The van der Waals surface area contributed by atoms with Crippen molar-refractivity contribution in [3.63, 3.8) is 0 Å². The van der Waals surface area contributed by atoms with E-state index in [-0.39, 0.29) is 36.4 Å². The lowest BCUT2D eigenvalue weighted by Gasteiger charge is -2.26. The standard InChI is InChI=1S/C22H35N5O2.HI/c1-26(2)21(28)15-25-22(23-13-19-10-12-29-17-19)24-14-20-9-6-11-27(20)16-18-7-4-3-5-8-18;/h3-5,7-8,19-20H,6,9-17H2,1-2H3,(H2,23,24,25);1H. The molecule has 2 saturated heterocycles. The minimum absolute atomic E-state index is 0. The highest BCUT2D eigenvalue weighted by atomic mass is 127. The van der Waals surface area contributed by atoms with Gasteiger partial charge in [-0.3, -0.25) is 9.69 Å². The van der Waals surface area contributed by atoms with Crippen LogP contribution in [-0.2, 0) is 16.1 Å². The molecule has 2 unspecified atom stereocenters. The van der Waals surface area contributed by atoms with Gasteiger partial charge in [-0.15, -0.1) is 24.0 Å². The van der Waals surface area contributed by atoms with Gasteiger partial charge in [-0.2, -0.15) is 0 Å². The first-order valence-electron chi connectivity index (χ1n) is 10.7. The number of aliphatic imine (C=N–C) groups is 1. The van der Waals surface area contributed by atoms with Gasteiger partial charge in [0.05, 0.1) is 6.61 Å². The first kappa shape index (κ1) is 24.9. The molecule has 0 bridgehead atoms. The van der Waals surface area contributed by atoms with E-state index in [2.05, 4.69) is 50.9 Å². The zero-order chi connectivity index (χ0) is 20.5. The number of hydrogen-bond donors (Lipinski definition) is 2. The summed E-state index contributed by atoms with van der Waals surface area (Å²) in [5.74, 6) is 1.23. The van der Waals surface area contributed by atoms with E-state index in [0.29, 0.717) is 12.0 Å². The van der Waals surface area contributed by atoms with Crippen LogP contribution in [-0.4, -0.2) is 81.2 Å². The van der Waals surface area contributed by atoms with Gasteiger partial charge in [0.2, 0.25) is 5.91 Å². The molecule has 1 aromatic rings. The molecule has 0 spiro atoms. The van der Waals surface area contributed by atoms with Gasteiger partial charge in [0.1, 0.15) is 6.54 Å². The highest BCUT2D eigenvalue weighted by Crippen LogP contribution is 2.19. The number of benzene rings is 1. The van der Waals surface area contributed by atoms with Crippen molar-refractivity contribution in [3.8, 4) is 0 Å². The lowest BCUT2D eigenvalue weighted by molar-refractivity contribution is -0.127. The van der Waals surface area contributed by atoms with Crippen LogP contribution in [0.2, 0.25) is 0 Å². The van der Waals surface area contributed by atoms with Crippen LogP contribution in [0.3, 0.4) is 0 Å². The molecule has 2 aliphatic heterocycles. The second-order valence-electron chi connectivity index (χ2n) is 8.20. The van der Waals surface area contributed by atoms with Gasteiger partial charge in [-0.25, -0.2) is 4.99 Å². The second-order valence-corrected chi connectivity index (χ2v) is 8.20. The molecule has 168 valence electrons. The van der Waals surface area contributed by atoms with E-state index in [1.54, 1.807) is 19.0 Å². The van der Waals surface area contributed by atoms with Crippen molar-refractivity contribution in [3.05, 3.63) is 35.9 Å². The monoisotopic (exact) mass is 529 g/mol. The number of hydrogen-bond acceptors (Lipinski definition) is 4. The topological polar surface area (TPSA) is 69.2 Å². The predicted molar refractivity (Wildman–Crippen MR) is 131 cm³/mol. The van der Waals surface area contributed by atoms with Crippen LogP contribution in [0.5, 0.6) is 0 Å². The quantitative estimate of drug-likeness (QED) is 0.306. The maximum atomic E-state index is 12.0. The molecule has 2 fully saturated rings. The summed E-state index contributed by atoms with van der Waals surface area (Å²) in [6, 6.07) is 11.1. The van der Waals surface area contributed by atoms with Crippen LogP contribution in [0.25, 0.3) is 0 Å². The van der Waals surface area contributed by atoms with E-state index >= 15 is 0 Å². The molecule has 2 N–H and O–H groups in total. The fourth-order valence-corrected chi connectivity index (χ4v) is 3.81. The van der Waals surface area contributed by atoms with Crippen LogP contribution in [0.4, 0.5) is 0 Å². The second kappa shape index (κ2) is 13.1. The van der Waals surface area contributed by atoms with E-state index in [4.69, 9.17) is 4.74 Å². The smallest absolute Gasteiger partial charge is 0.243 e. The van der Waals surface area contributed by atoms with E-state index < -0.39 is 0 Å². The first-order valence-corrected chi connectivity index (χ1v) is 10.7. The zero-order valence-electron chi connectivity index (χ0n) is 18.2. The Labute approximate surface area is 197 Å². The van der Waals surface area contributed by atoms with Gasteiger partial charge in [-0.1, -0.05) is 30.3 Å². The Morgan fingerprint density at radius 3 is 2.67 bits per heavy atom. The molecule has 1 amide bonds. The van der Waals surface area contributed by atoms with Gasteiger partial charge >= 0.3 is 0 Å². The Bertz CT molecular complexity index is 665. The Kier molecular flexibility index (Phi) is 10.9. The number of nitrogens with zero attached hydrogens (tertiary/aromatic N) is 3. The first-order chi connectivity index (χ1) is 14.1. The van der Waals surface area contributed by atoms with Gasteiger partial charge in [0, 0.05) is 52.3 Å². The lowest BCUT2D eigenvalue weighted by Crippen LogP contribution is -2.46. The number of likely N-dealkylation sites (N-methyl/N-ethyl adjacent to an activating group) is 1. The summed E-state index contributed by atoms with van der Waals surface area (Å²) in [6.45, 7) is 5.54. The van der Waals surface area contributed by atoms with E-state index in [1.807, 2.05) is 0 Å². The maximum Gasteiger partial charge on any atom is 0.243 e. The Morgan fingerprint density at radius 2 is 1.97 bits per heavy atom. The minimum atomic E-state index is 0. The third-order valence-corrected chi connectivity index (χ3v) is 5.69. The zero-order valence-corrected chi connectivity index (χ0v) is 20.5. The third-order valence-electron chi connectivity index (χ3n) is 5.69. The van der Waals surface area contributed by atoms with E-state index in [1.165, 1.54) is 18.4 Å². The summed E-state index contributed by atoms with van der Waals surface area (Å²) in [4.78, 5) is 20.6. The summed E-state index contributed by atoms with van der Waals surface area (Å²) in [6.07, 6.45) is 3.47. The van der Waals surface area contributed by atoms with Crippen molar-refractivity contribution in [1.82, 2.24) is 20.4 Å². The molecule has 0 aromatic heterocycles. The molecule has 7 nitrogen and oxygen atoms in total. The molecular weight excluding hydrogens is 493 g/mol. The molecule has 8 heteroatoms. The average Bonchev–Trinajstić information content (AvgIpc) is 3.40. The van der Waals surface area contributed by atoms with Crippen molar-refractivity contribution in [2.24, 2.45) is 10.9 Å². The molecule has 2 atom stereocenters. The highest BCUT2D eigenvalue weighted by Gasteiger charge is 2.25.